The lowest BCUT2D eigenvalue weighted by molar-refractivity contribution is -0.117. The van der Waals surface area contributed by atoms with Gasteiger partial charge >= 0.3 is 5.97 Å². The van der Waals surface area contributed by atoms with Crippen LogP contribution in [0.5, 0.6) is 5.75 Å². The maximum absolute atomic E-state index is 13.7. The van der Waals surface area contributed by atoms with Crippen molar-refractivity contribution in [3.63, 3.8) is 0 Å². The first-order valence-corrected chi connectivity index (χ1v) is 12.0. The Bertz CT molecular complexity index is 1510. The number of aryl methyl sites for hydroxylation is 1. The lowest BCUT2D eigenvalue weighted by Gasteiger charge is -2.22. The SMILES string of the molecule is COC(=O)c1sc(N2C(=O)C(O)=C(C(=O)c3cc4cccc(OC)c4o3)[C@@H]2c2cccs2)nc1C. The second-order valence-corrected chi connectivity index (χ2v) is 9.53. The average molecular weight is 511 g/mol. The third-order valence-electron chi connectivity index (χ3n) is 5.58. The van der Waals surface area contributed by atoms with Crippen LogP contribution in [0.4, 0.5) is 5.13 Å². The number of ether oxygens (including phenoxy) is 2. The van der Waals surface area contributed by atoms with Crippen molar-refractivity contribution in [3.8, 4) is 5.75 Å². The molecule has 11 heteroatoms. The van der Waals surface area contributed by atoms with Gasteiger partial charge in [-0.05, 0) is 30.5 Å². The predicted octanol–water partition coefficient (Wildman–Crippen LogP) is 4.84. The molecular formula is C24H18N2O7S2. The molecule has 0 aliphatic carbocycles. The number of carbonyl (C=O) groups excluding carboxylic acids is 3. The molecule has 1 amide bonds. The summed E-state index contributed by atoms with van der Waals surface area (Å²) >= 11 is 2.26. The van der Waals surface area contributed by atoms with E-state index in [2.05, 4.69) is 4.98 Å². The highest BCUT2D eigenvalue weighted by molar-refractivity contribution is 7.17. The Morgan fingerprint density at radius 3 is 2.69 bits per heavy atom. The molecule has 0 spiro atoms. The zero-order chi connectivity index (χ0) is 24.9. The van der Waals surface area contributed by atoms with Crippen molar-refractivity contribution in [2.75, 3.05) is 19.1 Å². The quantitative estimate of drug-likeness (QED) is 0.289. The van der Waals surface area contributed by atoms with Crippen LogP contribution in [0, 0.1) is 6.92 Å². The van der Waals surface area contributed by atoms with Crippen molar-refractivity contribution in [1.29, 1.82) is 0 Å². The molecule has 1 aliphatic rings. The van der Waals surface area contributed by atoms with Crippen LogP contribution in [0.1, 0.15) is 36.8 Å². The fourth-order valence-electron chi connectivity index (χ4n) is 3.96. The number of aliphatic hydroxyl groups is 1. The van der Waals surface area contributed by atoms with E-state index in [0.717, 1.165) is 11.3 Å². The maximum Gasteiger partial charge on any atom is 0.350 e. The zero-order valence-electron chi connectivity index (χ0n) is 18.7. The van der Waals surface area contributed by atoms with Gasteiger partial charge in [0.2, 0.25) is 5.78 Å². The van der Waals surface area contributed by atoms with Crippen LogP contribution in [0.3, 0.4) is 0 Å². The molecule has 9 nitrogen and oxygen atoms in total. The van der Waals surface area contributed by atoms with Crippen LogP contribution < -0.4 is 9.64 Å². The van der Waals surface area contributed by atoms with Gasteiger partial charge in [0, 0.05) is 10.3 Å². The number of esters is 1. The Labute approximate surface area is 206 Å². The second kappa shape index (κ2) is 8.67. The lowest BCUT2D eigenvalue weighted by Crippen LogP contribution is -2.30. The smallest absolute Gasteiger partial charge is 0.350 e. The number of aliphatic hydroxyl groups excluding tert-OH is 1. The number of methoxy groups -OCH3 is 2. The van der Waals surface area contributed by atoms with Crippen LogP contribution in [0.2, 0.25) is 0 Å². The number of carbonyl (C=O) groups is 3. The molecule has 0 fully saturated rings. The highest BCUT2D eigenvalue weighted by Crippen LogP contribution is 2.45. The van der Waals surface area contributed by atoms with E-state index in [1.54, 1.807) is 48.7 Å². The van der Waals surface area contributed by atoms with E-state index in [-0.39, 0.29) is 21.3 Å². The molecule has 1 atom stereocenters. The van der Waals surface area contributed by atoms with Crippen molar-refractivity contribution in [3.05, 3.63) is 74.3 Å². The van der Waals surface area contributed by atoms with E-state index < -0.39 is 29.5 Å². The third-order valence-corrected chi connectivity index (χ3v) is 7.64. The summed E-state index contributed by atoms with van der Waals surface area (Å²) in [6, 6.07) is 9.35. The normalized spacial score (nSPS) is 15.8. The molecule has 4 heterocycles. The van der Waals surface area contributed by atoms with E-state index in [1.807, 2.05) is 0 Å². The van der Waals surface area contributed by atoms with Gasteiger partial charge < -0.3 is 19.0 Å². The minimum Gasteiger partial charge on any atom is -0.503 e. The van der Waals surface area contributed by atoms with Crippen molar-refractivity contribution in [1.82, 2.24) is 4.98 Å². The van der Waals surface area contributed by atoms with Gasteiger partial charge in [-0.15, -0.1) is 11.3 Å². The molecule has 0 unspecified atom stereocenters. The van der Waals surface area contributed by atoms with E-state index in [1.165, 1.54) is 30.5 Å². The molecule has 178 valence electrons. The minimum absolute atomic E-state index is 0.0483. The van der Waals surface area contributed by atoms with Gasteiger partial charge in [-0.25, -0.2) is 9.78 Å². The van der Waals surface area contributed by atoms with Crippen molar-refractivity contribution >= 4 is 56.4 Å². The molecular weight excluding hydrogens is 492 g/mol. The van der Waals surface area contributed by atoms with Gasteiger partial charge in [-0.1, -0.05) is 29.5 Å². The first-order valence-electron chi connectivity index (χ1n) is 10.3. The van der Waals surface area contributed by atoms with E-state index in [4.69, 9.17) is 13.9 Å². The number of ketones is 1. The number of thiophene rings is 1. The van der Waals surface area contributed by atoms with E-state index in [0.29, 0.717) is 27.3 Å². The summed E-state index contributed by atoms with van der Waals surface area (Å²) in [5.41, 5.74) is 0.617. The van der Waals surface area contributed by atoms with Gasteiger partial charge in [0.05, 0.1) is 25.5 Å². The monoisotopic (exact) mass is 510 g/mol. The number of amides is 1. The van der Waals surface area contributed by atoms with Crippen LogP contribution in [-0.4, -0.2) is 42.0 Å². The Morgan fingerprint density at radius 2 is 2.00 bits per heavy atom. The predicted molar refractivity (Wildman–Crippen MR) is 129 cm³/mol. The van der Waals surface area contributed by atoms with Crippen molar-refractivity contribution in [2.45, 2.75) is 13.0 Å². The first-order chi connectivity index (χ1) is 16.8. The molecule has 3 aromatic heterocycles. The van der Waals surface area contributed by atoms with E-state index >= 15 is 0 Å². The van der Waals surface area contributed by atoms with Gasteiger partial charge in [0.15, 0.2) is 28.0 Å². The Morgan fingerprint density at radius 1 is 1.20 bits per heavy atom. The number of Topliss-reactive ketones (excluding diaryl/α,β-unsaturated/α-hetero) is 1. The fourth-order valence-corrected chi connectivity index (χ4v) is 5.79. The molecule has 0 saturated carbocycles. The number of hydrogen-bond donors (Lipinski definition) is 1. The zero-order valence-corrected chi connectivity index (χ0v) is 20.4. The summed E-state index contributed by atoms with van der Waals surface area (Å²) in [6.45, 7) is 1.62. The standard InChI is InChI=1S/C24H18N2O7S2/c1-11-21(23(30)32-3)35-24(25-11)26-17(15-8-5-9-34-15)16(19(28)22(26)29)18(27)14-10-12-6-4-7-13(31-2)20(12)33-14/h4-10,17,28H,1-3H3/t17-/m0/s1. The largest absolute Gasteiger partial charge is 0.503 e. The number of furan rings is 1. The number of rotatable bonds is 6. The third kappa shape index (κ3) is 3.60. The summed E-state index contributed by atoms with van der Waals surface area (Å²) in [4.78, 5) is 45.5. The van der Waals surface area contributed by atoms with Crippen LogP contribution >= 0.6 is 22.7 Å². The van der Waals surface area contributed by atoms with Gasteiger partial charge in [-0.3, -0.25) is 14.5 Å². The number of thiazole rings is 1. The molecule has 5 rings (SSSR count). The van der Waals surface area contributed by atoms with Crippen molar-refractivity contribution in [2.24, 2.45) is 0 Å². The summed E-state index contributed by atoms with van der Waals surface area (Å²) in [5, 5.41) is 13.5. The molecule has 1 aliphatic heterocycles. The van der Waals surface area contributed by atoms with Crippen LogP contribution in [-0.2, 0) is 9.53 Å². The number of nitrogens with zero attached hydrogens (tertiary/aromatic N) is 2. The Balaban J connectivity index is 1.63. The van der Waals surface area contributed by atoms with E-state index in [9.17, 15) is 19.5 Å². The summed E-state index contributed by atoms with van der Waals surface area (Å²) in [6.07, 6.45) is 0. The number of aromatic nitrogens is 1. The highest BCUT2D eigenvalue weighted by Gasteiger charge is 2.47. The molecule has 4 aromatic rings. The van der Waals surface area contributed by atoms with Gasteiger partial charge in [0.1, 0.15) is 10.9 Å². The molecule has 35 heavy (non-hydrogen) atoms. The Kier molecular flexibility index (Phi) is 5.65. The molecule has 0 saturated heterocycles. The summed E-state index contributed by atoms with van der Waals surface area (Å²) in [7, 11) is 2.75. The number of para-hydroxylation sites is 1. The number of hydrogen-bond acceptors (Lipinski definition) is 10. The number of anilines is 1. The van der Waals surface area contributed by atoms with Crippen molar-refractivity contribution < 1.29 is 33.4 Å². The van der Waals surface area contributed by atoms with Crippen LogP contribution in [0.25, 0.3) is 11.0 Å². The molecule has 1 aromatic carbocycles. The Hall–Kier alpha value is -3.96. The molecule has 0 radical (unpaired) electrons. The average Bonchev–Trinajstić information content (AvgIpc) is 3.64. The summed E-state index contributed by atoms with van der Waals surface area (Å²) < 4.78 is 15.9. The lowest BCUT2D eigenvalue weighted by atomic mass is 10.0. The summed E-state index contributed by atoms with van der Waals surface area (Å²) in [5.74, 6) is -2.33. The van der Waals surface area contributed by atoms with Crippen LogP contribution in [0.15, 0.2) is 57.5 Å². The number of benzene rings is 1. The highest BCUT2D eigenvalue weighted by atomic mass is 32.1. The molecule has 1 N–H and O–H groups in total. The second-order valence-electron chi connectivity index (χ2n) is 7.58. The number of fused-ring (bicyclic) bond motifs is 1. The topological polar surface area (TPSA) is 119 Å². The maximum atomic E-state index is 13.7. The first kappa shape index (κ1) is 22.8. The minimum atomic E-state index is -0.957. The van der Waals surface area contributed by atoms with Gasteiger partial charge in [0.25, 0.3) is 5.91 Å². The molecule has 0 bridgehead atoms. The van der Waals surface area contributed by atoms with Gasteiger partial charge in [-0.2, -0.15) is 0 Å². The fraction of sp³-hybridized carbons (Fsp3) is 0.167.